The fourth-order valence-electron chi connectivity index (χ4n) is 0.249. The van der Waals surface area contributed by atoms with E-state index in [4.69, 9.17) is 23.2 Å². The molecule has 80 valence electrons. The third kappa shape index (κ3) is 22.4. The Hall–Kier alpha value is -1.000. The normalized spacial score (nSPS) is 7.57. The lowest BCUT2D eigenvalue weighted by molar-refractivity contribution is 0.185. The van der Waals surface area contributed by atoms with E-state index >= 15 is 0 Å². The molecule has 0 aromatic rings. The molecule has 0 fully saturated rings. The van der Waals surface area contributed by atoms with Gasteiger partial charge in [0.05, 0.1) is 0 Å². The van der Waals surface area contributed by atoms with Gasteiger partial charge in [-0.05, 0) is 0 Å². The molecule has 0 saturated carbocycles. The van der Waals surface area contributed by atoms with Crippen LogP contribution in [-0.4, -0.2) is 24.1 Å². The Balaban J connectivity index is 0. The highest BCUT2D eigenvalue weighted by Gasteiger charge is 1.88. The number of ether oxygens (including phenoxy) is 2. The number of halogens is 2. The summed E-state index contributed by atoms with van der Waals surface area (Å²) in [5.74, 6) is 0. The van der Waals surface area contributed by atoms with Gasteiger partial charge in [0.15, 0.2) is 0 Å². The molecular formula is C8H10Cl2O4. The molecule has 14 heavy (non-hydrogen) atoms. The molecule has 0 unspecified atom stereocenters. The van der Waals surface area contributed by atoms with E-state index < -0.39 is 10.9 Å². The number of carbonyl (C=O) groups is 2. The highest BCUT2D eigenvalue weighted by molar-refractivity contribution is 6.61. The summed E-state index contributed by atoms with van der Waals surface area (Å²) in [6.07, 6.45) is 2.89. The maximum absolute atomic E-state index is 9.70. The first-order valence-electron chi connectivity index (χ1n) is 3.40. The van der Waals surface area contributed by atoms with E-state index in [1.165, 1.54) is 12.2 Å². The molecule has 0 aliphatic carbocycles. The lowest BCUT2D eigenvalue weighted by Crippen LogP contribution is -1.90. The molecule has 0 rings (SSSR count). The predicted molar refractivity (Wildman–Crippen MR) is 54.8 cm³/mol. The van der Waals surface area contributed by atoms with Crippen LogP contribution in [0.25, 0.3) is 0 Å². The van der Waals surface area contributed by atoms with Crippen molar-refractivity contribution in [2.75, 3.05) is 13.2 Å². The molecule has 0 aromatic heterocycles. The van der Waals surface area contributed by atoms with E-state index in [2.05, 4.69) is 22.6 Å². The SMILES string of the molecule is C=CCOC(=O)Cl.C=CCOC(=O)Cl. The van der Waals surface area contributed by atoms with E-state index in [0.29, 0.717) is 0 Å². The second kappa shape index (κ2) is 12.0. The van der Waals surface area contributed by atoms with Crippen LogP contribution in [0, 0.1) is 0 Å². The van der Waals surface area contributed by atoms with Crippen LogP contribution < -0.4 is 0 Å². The quantitative estimate of drug-likeness (QED) is 0.560. The topological polar surface area (TPSA) is 52.6 Å². The third-order valence-corrected chi connectivity index (χ3v) is 0.848. The van der Waals surface area contributed by atoms with Crippen molar-refractivity contribution >= 4 is 34.1 Å². The summed E-state index contributed by atoms with van der Waals surface area (Å²) in [5.41, 5.74) is -1.58. The predicted octanol–water partition coefficient (Wildman–Crippen LogP) is 3.10. The highest BCUT2D eigenvalue weighted by atomic mass is 35.5. The second-order valence-electron chi connectivity index (χ2n) is 1.67. The molecule has 4 nitrogen and oxygen atoms in total. The summed E-state index contributed by atoms with van der Waals surface area (Å²) in [4.78, 5) is 19.4. The third-order valence-electron chi connectivity index (χ3n) is 0.629. The van der Waals surface area contributed by atoms with Crippen molar-refractivity contribution in [3.8, 4) is 0 Å². The smallest absolute Gasteiger partial charge is 0.404 e. The van der Waals surface area contributed by atoms with Crippen molar-refractivity contribution < 1.29 is 19.1 Å². The monoisotopic (exact) mass is 240 g/mol. The van der Waals surface area contributed by atoms with E-state index in [-0.39, 0.29) is 13.2 Å². The molecule has 0 aromatic carbocycles. The minimum absolute atomic E-state index is 0.183. The minimum atomic E-state index is -0.792. The van der Waals surface area contributed by atoms with Gasteiger partial charge in [-0.3, -0.25) is 0 Å². The summed E-state index contributed by atoms with van der Waals surface area (Å²) in [6, 6.07) is 0. The summed E-state index contributed by atoms with van der Waals surface area (Å²) in [7, 11) is 0. The lowest BCUT2D eigenvalue weighted by Gasteiger charge is -1.88. The van der Waals surface area contributed by atoms with Crippen LogP contribution in [0.3, 0.4) is 0 Å². The molecule has 0 heterocycles. The molecule has 0 amide bonds. The molecule has 0 bridgehead atoms. The van der Waals surface area contributed by atoms with E-state index in [1.54, 1.807) is 0 Å². The van der Waals surface area contributed by atoms with Crippen LogP contribution in [-0.2, 0) is 9.47 Å². The Kier molecular flexibility index (Phi) is 13.3. The molecule has 0 saturated heterocycles. The van der Waals surface area contributed by atoms with Gasteiger partial charge in [0.2, 0.25) is 0 Å². The molecule has 0 aliphatic heterocycles. The molecular weight excluding hydrogens is 231 g/mol. The zero-order chi connectivity index (χ0) is 11.4. The molecule has 0 aliphatic rings. The van der Waals surface area contributed by atoms with E-state index in [1.807, 2.05) is 0 Å². The number of carbonyl (C=O) groups excluding carboxylic acids is 2. The van der Waals surface area contributed by atoms with Gasteiger partial charge in [-0.25, -0.2) is 9.59 Å². The second-order valence-corrected chi connectivity index (χ2v) is 2.29. The van der Waals surface area contributed by atoms with Crippen molar-refractivity contribution in [1.82, 2.24) is 0 Å². The van der Waals surface area contributed by atoms with Gasteiger partial charge >= 0.3 is 10.9 Å². The van der Waals surface area contributed by atoms with Crippen LogP contribution in [0.1, 0.15) is 0 Å². The van der Waals surface area contributed by atoms with Crippen molar-refractivity contribution in [1.29, 1.82) is 0 Å². The first-order valence-corrected chi connectivity index (χ1v) is 4.16. The Morgan fingerprint density at radius 3 is 1.36 bits per heavy atom. The van der Waals surface area contributed by atoms with Crippen molar-refractivity contribution in [3.05, 3.63) is 25.3 Å². The number of rotatable bonds is 4. The average Bonchev–Trinajstić information content (AvgIpc) is 2.12. The fourth-order valence-corrected chi connectivity index (χ4v) is 0.375. The Bertz CT molecular complexity index is 182. The van der Waals surface area contributed by atoms with Crippen molar-refractivity contribution in [2.45, 2.75) is 0 Å². The molecule has 6 heteroatoms. The first kappa shape index (κ1) is 15.5. The summed E-state index contributed by atoms with van der Waals surface area (Å²) < 4.78 is 8.40. The van der Waals surface area contributed by atoms with Gasteiger partial charge in [0.1, 0.15) is 13.2 Å². The Morgan fingerprint density at radius 2 is 1.29 bits per heavy atom. The highest BCUT2D eigenvalue weighted by Crippen LogP contribution is 1.85. The average molecular weight is 241 g/mol. The van der Waals surface area contributed by atoms with Gasteiger partial charge in [0, 0.05) is 23.2 Å². The lowest BCUT2D eigenvalue weighted by atomic mass is 10.7. The van der Waals surface area contributed by atoms with Gasteiger partial charge < -0.3 is 9.47 Å². The van der Waals surface area contributed by atoms with Crippen molar-refractivity contribution in [2.24, 2.45) is 0 Å². The first-order chi connectivity index (χ1) is 6.54. The van der Waals surface area contributed by atoms with Crippen LogP contribution in [0.15, 0.2) is 25.3 Å². The fraction of sp³-hybridized carbons (Fsp3) is 0.250. The Morgan fingerprint density at radius 1 is 1.00 bits per heavy atom. The molecule has 0 atom stereocenters. The maximum atomic E-state index is 9.70. The van der Waals surface area contributed by atoms with Gasteiger partial charge in [-0.15, -0.1) is 0 Å². The van der Waals surface area contributed by atoms with Crippen LogP contribution in [0.5, 0.6) is 0 Å². The van der Waals surface area contributed by atoms with Crippen LogP contribution >= 0.6 is 23.2 Å². The minimum Gasteiger partial charge on any atom is -0.449 e. The van der Waals surface area contributed by atoms with Crippen LogP contribution in [0.4, 0.5) is 9.59 Å². The van der Waals surface area contributed by atoms with Gasteiger partial charge in [-0.1, -0.05) is 25.3 Å². The summed E-state index contributed by atoms with van der Waals surface area (Å²) in [6.45, 7) is 6.96. The zero-order valence-electron chi connectivity index (χ0n) is 7.37. The van der Waals surface area contributed by atoms with Crippen LogP contribution in [0.2, 0.25) is 0 Å². The Labute approximate surface area is 92.1 Å². The summed E-state index contributed by atoms with van der Waals surface area (Å²) >= 11 is 9.50. The number of hydrogen-bond donors (Lipinski definition) is 0. The molecule has 0 radical (unpaired) electrons. The van der Waals surface area contributed by atoms with Crippen molar-refractivity contribution in [3.63, 3.8) is 0 Å². The van der Waals surface area contributed by atoms with Gasteiger partial charge in [0.25, 0.3) is 0 Å². The maximum Gasteiger partial charge on any atom is 0.404 e. The zero-order valence-corrected chi connectivity index (χ0v) is 8.88. The van der Waals surface area contributed by atoms with E-state index in [0.717, 1.165) is 0 Å². The van der Waals surface area contributed by atoms with Gasteiger partial charge in [-0.2, -0.15) is 0 Å². The summed E-state index contributed by atoms with van der Waals surface area (Å²) in [5, 5.41) is 0. The molecule has 0 spiro atoms. The standard InChI is InChI=1S/2C4H5ClO2/c2*1-2-3-7-4(5)6/h2*2H,1,3H2. The molecule has 0 N–H and O–H groups in total. The number of hydrogen-bond acceptors (Lipinski definition) is 4. The van der Waals surface area contributed by atoms with E-state index in [9.17, 15) is 9.59 Å². The largest absolute Gasteiger partial charge is 0.449 e.